The highest BCUT2D eigenvalue weighted by Gasteiger charge is 2.23. The molecule has 0 bridgehead atoms. The first kappa shape index (κ1) is 13.1. The first-order chi connectivity index (χ1) is 8.66. The van der Waals surface area contributed by atoms with Gasteiger partial charge in [0, 0.05) is 19.0 Å². The second kappa shape index (κ2) is 6.03. The predicted octanol–water partition coefficient (Wildman–Crippen LogP) is 1.61. The zero-order chi connectivity index (χ0) is 13.0. The third kappa shape index (κ3) is 3.34. The van der Waals surface area contributed by atoms with Gasteiger partial charge in [-0.3, -0.25) is 9.59 Å². The van der Waals surface area contributed by atoms with Crippen LogP contribution >= 0.6 is 0 Å². The number of carbonyl (C=O) groups is 2. The van der Waals surface area contributed by atoms with Gasteiger partial charge >= 0.3 is 0 Å². The van der Waals surface area contributed by atoms with Crippen molar-refractivity contribution >= 4 is 11.8 Å². The number of nitrogens with zero attached hydrogens (tertiary/aromatic N) is 1. The van der Waals surface area contributed by atoms with Crippen LogP contribution in [-0.4, -0.2) is 35.8 Å². The molecule has 1 aliphatic carbocycles. The Morgan fingerprint density at radius 2 is 2.22 bits per heavy atom. The lowest BCUT2D eigenvalue weighted by atomic mass is 9.95. The molecule has 18 heavy (non-hydrogen) atoms. The van der Waals surface area contributed by atoms with E-state index in [0.717, 1.165) is 25.8 Å². The molecule has 2 amide bonds. The topological polar surface area (TPSA) is 49.4 Å². The molecule has 0 aromatic heterocycles. The van der Waals surface area contributed by atoms with Crippen LogP contribution in [0.5, 0.6) is 0 Å². The summed E-state index contributed by atoms with van der Waals surface area (Å²) in [6.07, 6.45) is 8.41. The van der Waals surface area contributed by atoms with Crippen molar-refractivity contribution in [2.75, 3.05) is 13.1 Å². The Bertz CT molecular complexity index is 363. The van der Waals surface area contributed by atoms with E-state index in [1.807, 2.05) is 6.92 Å². The minimum atomic E-state index is -0.0378. The van der Waals surface area contributed by atoms with E-state index in [1.165, 1.54) is 18.4 Å². The minimum absolute atomic E-state index is 0.0378. The van der Waals surface area contributed by atoms with Crippen molar-refractivity contribution in [1.29, 1.82) is 0 Å². The third-order valence-corrected chi connectivity index (χ3v) is 3.77. The van der Waals surface area contributed by atoms with Gasteiger partial charge in [0.05, 0.1) is 6.54 Å². The fraction of sp³-hybridized carbons (Fsp3) is 0.714. The molecule has 1 heterocycles. The molecule has 4 heteroatoms. The van der Waals surface area contributed by atoms with Gasteiger partial charge in [-0.1, -0.05) is 11.6 Å². The van der Waals surface area contributed by atoms with Crippen LogP contribution in [0.2, 0.25) is 0 Å². The van der Waals surface area contributed by atoms with Crippen LogP contribution in [0.15, 0.2) is 11.6 Å². The second-order valence-corrected chi connectivity index (χ2v) is 5.23. The fourth-order valence-electron chi connectivity index (χ4n) is 2.68. The fourth-order valence-corrected chi connectivity index (χ4v) is 2.68. The molecule has 4 nitrogen and oxygen atoms in total. The number of rotatable bonds is 4. The molecule has 100 valence electrons. The maximum atomic E-state index is 11.9. The lowest BCUT2D eigenvalue weighted by Gasteiger charge is -2.22. The first-order valence-corrected chi connectivity index (χ1v) is 6.93. The highest BCUT2D eigenvalue weighted by atomic mass is 16.2. The molecule has 1 unspecified atom stereocenters. The predicted molar refractivity (Wildman–Crippen MR) is 70.0 cm³/mol. The average molecular weight is 250 g/mol. The van der Waals surface area contributed by atoms with Gasteiger partial charge in [0.25, 0.3) is 0 Å². The second-order valence-electron chi connectivity index (χ2n) is 5.23. The maximum absolute atomic E-state index is 11.9. The number of hydrogen-bond donors (Lipinski definition) is 1. The van der Waals surface area contributed by atoms with E-state index < -0.39 is 0 Å². The number of likely N-dealkylation sites (tertiary alicyclic amines) is 1. The van der Waals surface area contributed by atoms with E-state index in [2.05, 4.69) is 11.4 Å². The van der Waals surface area contributed by atoms with Crippen LogP contribution in [-0.2, 0) is 9.59 Å². The number of hydrogen-bond acceptors (Lipinski definition) is 2. The molecule has 2 aliphatic rings. The minimum Gasteiger partial charge on any atom is -0.348 e. The molecule has 0 saturated carbocycles. The smallest absolute Gasteiger partial charge is 0.240 e. The van der Waals surface area contributed by atoms with E-state index in [0.29, 0.717) is 6.42 Å². The Kier molecular flexibility index (Phi) is 4.39. The monoisotopic (exact) mass is 250 g/mol. The molecule has 0 spiro atoms. The van der Waals surface area contributed by atoms with E-state index in [-0.39, 0.29) is 24.4 Å². The quantitative estimate of drug-likeness (QED) is 0.771. The van der Waals surface area contributed by atoms with Crippen molar-refractivity contribution in [2.24, 2.45) is 0 Å². The molecule has 1 N–H and O–H groups in total. The van der Waals surface area contributed by atoms with Gasteiger partial charge in [-0.15, -0.1) is 0 Å². The summed E-state index contributed by atoms with van der Waals surface area (Å²) in [4.78, 5) is 24.9. The molecule has 1 fully saturated rings. The summed E-state index contributed by atoms with van der Waals surface area (Å²) in [5.74, 6) is 0.0684. The molecule has 0 radical (unpaired) electrons. The summed E-state index contributed by atoms with van der Waals surface area (Å²) in [5.41, 5.74) is 1.34. The van der Waals surface area contributed by atoms with Crippen molar-refractivity contribution in [3.05, 3.63) is 11.6 Å². The Labute approximate surface area is 108 Å². The zero-order valence-corrected chi connectivity index (χ0v) is 11.1. The molecule has 0 aromatic carbocycles. The van der Waals surface area contributed by atoms with Crippen LogP contribution < -0.4 is 5.32 Å². The Morgan fingerprint density at radius 3 is 2.83 bits per heavy atom. The van der Waals surface area contributed by atoms with Gasteiger partial charge in [-0.05, 0) is 39.0 Å². The highest BCUT2D eigenvalue weighted by molar-refractivity contribution is 5.86. The number of carbonyl (C=O) groups excluding carboxylic acids is 2. The summed E-state index contributed by atoms with van der Waals surface area (Å²) < 4.78 is 0. The molecule has 1 atom stereocenters. The molecule has 2 rings (SSSR count). The van der Waals surface area contributed by atoms with Gasteiger partial charge in [-0.25, -0.2) is 0 Å². The van der Waals surface area contributed by atoms with Gasteiger partial charge in [0.15, 0.2) is 0 Å². The Morgan fingerprint density at radius 1 is 1.39 bits per heavy atom. The molecule has 1 saturated heterocycles. The average Bonchev–Trinajstić information content (AvgIpc) is 2.76. The summed E-state index contributed by atoms with van der Waals surface area (Å²) in [5, 5.41) is 3.00. The van der Waals surface area contributed by atoms with Crippen molar-refractivity contribution in [3.63, 3.8) is 0 Å². The normalized spacial score (nSPS) is 21.7. The van der Waals surface area contributed by atoms with Gasteiger partial charge in [0.1, 0.15) is 0 Å². The number of allylic oxidation sites excluding steroid dienone is 1. The van der Waals surface area contributed by atoms with Crippen LogP contribution in [0.1, 0.15) is 45.4 Å². The SMILES string of the molecule is CC(NC(=O)CN1CCCC1=O)C1=CCCCC1. The lowest BCUT2D eigenvalue weighted by molar-refractivity contribution is -0.133. The zero-order valence-electron chi connectivity index (χ0n) is 11.1. The van der Waals surface area contributed by atoms with Crippen LogP contribution in [0.4, 0.5) is 0 Å². The maximum Gasteiger partial charge on any atom is 0.240 e. The summed E-state index contributed by atoms with van der Waals surface area (Å²) in [7, 11) is 0. The molecular formula is C14H22N2O2. The van der Waals surface area contributed by atoms with Crippen molar-refractivity contribution < 1.29 is 9.59 Å². The van der Waals surface area contributed by atoms with Gasteiger partial charge in [-0.2, -0.15) is 0 Å². The number of nitrogens with one attached hydrogen (secondary N) is 1. The molecular weight excluding hydrogens is 228 g/mol. The van der Waals surface area contributed by atoms with Crippen molar-refractivity contribution in [3.8, 4) is 0 Å². The van der Waals surface area contributed by atoms with Gasteiger partial charge in [0.2, 0.25) is 11.8 Å². The highest BCUT2D eigenvalue weighted by Crippen LogP contribution is 2.20. The lowest BCUT2D eigenvalue weighted by Crippen LogP contribution is -2.42. The van der Waals surface area contributed by atoms with Crippen LogP contribution in [0, 0.1) is 0 Å². The first-order valence-electron chi connectivity index (χ1n) is 6.93. The standard InChI is InChI=1S/C14H22N2O2/c1-11(12-6-3-2-4-7-12)15-13(17)10-16-9-5-8-14(16)18/h6,11H,2-5,7-10H2,1H3,(H,15,17). The van der Waals surface area contributed by atoms with Crippen LogP contribution in [0.3, 0.4) is 0 Å². The van der Waals surface area contributed by atoms with Crippen molar-refractivity contribution in [2.45, 2.75) is 51.5 Å². The van der Waals surface area contributed by atoms with E-state index in [1.54, 1.807) is 4.90 Å². The van der Waals surface area contributed by atoms with Crippen LogP contribution in [0.25, 0.3) is 0 Å². The van der Waals surface area contributed by atoms with E-state index in [4.69, 9.17) is 0 Å². The molecule has 1 aliphatic heterocycles. The number of amides is 2. The largest absolute Gasteiger partial charge is 0.348 e. The van der Waals surface area contributed by atoms with E-state index in [9.17, 15) is 9.59 Å². The molecule has 0 aromatic rings. The van der Waals surface area contributed by atoms with Crippen molar-refractivity contribution in [1.82, 2.24) is 10.2 Å². The summed E-state index contributed by atoms with van der Waals surface area (Å²) >= 11 is 0. The summed E-state index contributed by atoms with van der Waals surface area (Å²) in [6.45, 7) is 2.97. The Balaban J connectivity index is 1.79. The third-order valence-electron chi connectivity index (χ3n) is 3.77. The summed E-state index contributed by atoms with van der Waals surface area (Å²) in [6, 6.07) is 0.107. The van der Waals surface area contributed by atoms with E-state index >= 15 is 0 Å². The Hall–Kier alpha value is -1.32. The van der Waals surface area contributed by atoms with Gasteiger partial charge < -0.3 is 10.2 Å².